The Balaban J connectivity index is -0.0000000575. The Kier molecular flexibility index (Phi) is 48.9. The van der Waals surface area contributed by atoms with Crippen LogP contribution in [-0.4, -0.2) is 29.8 Å². The second kappa shape index (κ2) is 24.4. The average molecular weight is 145 g/mol. The first-order valence-electron chi connectivity index (χ1n) is 1.65. The minimum atomic E-state index is 0. The van der Waals surface area contributed by atoms with Crippen molar-refractivity contribution in [2.45, 2.75) is 0 Å². The zero-order valence-electron chi connectivity index (χ0n) is 4.79. The van der Waals surface area contributed by atoms with Crippen LogP contribution in [-0.2, 0) is 4.79 Å². The SMILES string of the molecule is NCCO.O=[C-]O.[K+]. The maximum Gasteiger partial charge on any atom is 1.00 e. The maximum absolute atomic E-state index is 8.24. The van der Waals surface area contributed by atoms with Crippen LogP contribution in [0.2, 0.25) is 0 Å². The van der Waals surface area contributed by atoms with Gasteiger partial charge < -0.3 is 20.7 Å². The van der Waals surface area contributed by atoms with Gasteiger partial charge in [-0.2, -0.15) is 0 Å². The molecular weight excluding hydrogens is 137 g/mol. The van der Waals surface area contributed by atoms with Crippen LogP contribution in [0.5, 0.6) is 0 Å². The molecule has 0 spiro atoms. The van der Waals surface area contributed by atoms with E-state index in [1.165, 1.54) is 0 Å². The molecule has 44 valence electrons. The van der Waals surface area contributed by atoms with E-state index in [0.29, 0.717) is 13.0 Å². The van der Waals surface area contributed by atoms with Gasteiger partial charge in [0, 0.05) is 6.54 Å². The predicted octanol–water partition coefficient (Wildman–Crippen LogP) is -4.45. The van der Waals surface area contributed by atoms with E-state index in [2.05, 4.69) is 0 Å². The van der Waals surface area contributed by atoms with Gasteiger partial charge in [-0.3, -0.25) is 0 Å². The third-order valence-corrected chi connectivity index (χ3v) is 0.129. The zero-order valence-corrected chi connectivity index (χ0v) is 7.92. The van der Waals surface area contributed by atoms with Gasteiger partial charge in [-0.1, -0.05) is 6.47 Å². The maximum atomic E-state index is 8.24. The Bertz CT molecular complexity index is 33.7. The van der Waals surface area contributed by atoms with Crippen molar-refractivity contribution in [3.05, 3.63) is 0 Å². The molecule has 0 bridgehead atoms. The van der Waals surface area contributed by atoms with Crippen molar-refractivity contribution in [2.75, 3.05) is 13.2 Å². The molecule has 0 aromatic heterocycles. The van der Waals surface area contributed by atoms with Crippen LogP contribution in [0.4, 0.5) is 0 Å². The molecule has 0 aliphatic carbocycles. The number of aliphatic hydroxyl groups excluding tert-OH is 2. The standard InChI is InChI=1S/C2H7NO.CHO2.K/c3-1-2-4;2-1-3;/h4H,1-3H2;(H,2,3);/q;-1;+1. The fourth-order valence-electron chi connectivity index (χ4n) is 0. The van der Waals surface area contributed by atoms with Crippen molar-refractivity contribution in [3.8, 4) is 0 Å². The molecular formula is C3H8KNO3. The first-order valence-corrected chi connectivity index (χ1v) is 1.65. The largest absolute Gasteiger partial charge is 1.00 e. The van der Waals surface area contributed by atoms with Crippen molar-refractivity contribution in [1.29, 1.82) is 0 Å². The van der Waals surface area contributed by atoms with E-state index in [1.807, 2.05) is 0 Å². The first kappa shape index (κ1) is 16.0. The molecule has 0 saturated heterocycles. The second-order valence-corrected chi connectivity index (χ2v) is 0.604. The summed E-state index contributed by atoms with van der Waals surface area (Å²) >= 11 is 0. The van der Waals surface area contributed by atoms with E-state index in [-0.39, 0.29) is 58.0 Å². The molecule has 0 rings (SSSR count). The third kappa shape index (κ3) is 62.1. The van der Waals surface area contributed by atoms with Gasteiger partial charge in [0.15, 0.2) is 0 Å². The van der Waals surface area contributed by atoms with Crippen LogP contribution in [0.1, 0.15) is 0 Å². The van der Waals surface area contributed by atoms with Crippen molar-refractivity contribution in [3.63, 3.8) is 0 Å². The molecule has 0 aromatic rings. The summed E-state index contributed by atoms with van der Waals surface area (Å²) in [6, 6.07) is 0. The van der Waals surface area contributed by atoms with Crippen LogP contribution in [0.15, 0.2) is 0 Å². The van der Waals surface area contributed by atoms with E-state index < -0.39 is 0 Å². The van der Waals surface area contributed by atoms with Gasteiger partial charge in [0.25, 0.3) is 0 Å². The predicted molar refractivity (Wildman–Crippen MR) is 24.5 cm³/mol. The molecule has 0 aliphatic heterocycles. The van der Waals surface area contributed by atoms with E-state index >= 15 is 0 Å². The molecule has 0 fully saturated rings. The molecule has 5 heteroatoms. The number of nitrogens with two attached hydrogens (primary N) is 1. The van der Waals surface area contributed by atoms with Gasteiger partial charge in [0.1, 0.15) is 0 Å². The number of hydrogen-bond donors (Lipinski definition) is 3. The molecule has 0 atom stereocenters. The molecule has 0 heterocycles. The summed E-state index contributed by atoms with van der Waals surface area (Å²) < 4.78 is 0. The third-order valence-electron chi connectivity index (χ3n) is 0.129. The van der Waals surface area contributed by atoms with Crippen LogP contribution in [0.25, 0.3) is 0 Å². The molecule has 0 aliphatic rings. The molecule has 0 radical (unpaired) electrons. The van der Waals surface area contributed by atoms with Crippen LogP contribution >= 0.6 is 0 Å². The van der Waals surface area contributed by atoms with E-state index in [0.717, 1.165) is 0 Å². The van der Waals surface area contributed by atoms with Crippen LogP contribution < -0.4 is 57.1 Å². The molecule has 4 nitrogen and oxygen atoms in total. The summed E-state index contributed by atoms with van der Waals surface area (Å²) in [5.41, 5.74) is 4.78. The summed E-state index contributed by atoms with van der Waals surface area (Å²) in [5, 5.41) is 14.5. The molecule has 0 aromatic carbocycles. The minimum absolute atomic E-state index is 0. The van der Waals surface area contributed by atoms with Crippen molar-refractivity contribution >= 4 is 6.47 Å². The Morgan fingerprint density at radius 1 is 1.62 bits per heavy atom. The van der Waals surface area contributed by atoms with Gasteiger partial charge in [0.2, 0.25) is 0 Å². The van der Waals surface area contributed by atoms with E-state index in [9.17, 15) is 0 Å². The van der Waals surface area contributed by atoms with Crippen LogP contribution in [0.3, 0.4) is 0 Å². The number of rotatable bonds is 1. The summed E-state index contributed by atoms with van der Waals surface area (Å²) in [6.07, 6.45) is 0. The molecule has 4 N–H and O–H groups in total. The quantitative estimate of drug-likeness (QED) is 0.257. The topological polar surface area (TPSA) is 83.5 Å². The fourth-order valence-corrected chi connectivity index (χ4v) is 0. The van der Waals surface area contributed by atoms with Crippen molar-refractivity contribution < 1.29 is 66.4 Å². The summed E-state index contributed by atoms with van der Waals surface area (Å²) in [4.78, 5) is 8.24. The van der Waals surface area contributed by atoms with Crippen LogP contribution in [0, 0.1) is 0 Å². The average Bonchev–Trinajstić information content (AvgIpc) is 1.69. The van der Waals surface area contributed by atoms with Gasteiger partial charge in [-0.05, 0) is 0 Å². The summed E-state index contributed by atoms with van der Waals surface area (Å²) in [5.74, 6) is 0. The molecule has 0 unspecified atom stereocenters. The van der Waals surface area contributed by atoms with Gasteiger partial charge in [0.05, 0.1) is 6.61 Å². The first-order chi connectivity index (χ1) is 3.33. The Morgan fingerprint density at radius 2 is 1.75 bits per heavy atom. The monoisotopic (exact) mass is 145 g/mol. The van der Waals surface area contributed by atoms with Gasteiger partial charge in [-0.25, -0.2) is 0 Å². The van der Waals surface area contributed by atoms with Gasteiger partial charge in [-0.15, -0.1) is 0 Å². The van der Waals surface area contributed by atoms with E-state index in [4.69, 9.17) is 20.7 Å². The number of hydrogen-bond acceptors (Lipinski definition) is 3. The zero-order chi connectivity index (χ0) is 6.12. The Morgan fingerprint density at radius 3 is 1.75 bits per heavy atom. The normalized spacial score (nSPS) is 5.25. The Hall–Kier alpha value is 1.03. The summed E-state index contributed by atoms with van der Waals surface area (Å²) in [7, 11) is 0. The van der Waals surface area contributed by atoms with Crippen molar-refractivity contribution in [2.24, 2.45) is 5.73 Å². The summed E-state index contributed by atoms with van der Waals surface area (Å²) in [6.45, 7) is 0.972. The molecule has 0 amide bonds. The smallest absolute Gasteiger partial charge is 0.665 e. The minimum Gasteiger partial charge on any atom is -0.665 e. The van der Waals surface area contributed by atoms with Gasteiger partial charge >= 0.3 is 51.4 Å². The number of aliphatic hydroxyl groups is 1. The Labute approximate surface area is 90.5 Å². The fraction of sp³-hybridized carbons (Fsp3) is 0.667. The van der Waals surface area contributed by atoms with Crippen molar-refractivity contribution in [1.82, 2.24) is 0 Å². The van der Waals surface area contributed by atoms with E-state index in [1.54, 1.807) is 0 Å². The molecule has 0 saturated carbocycles. The second-order valence-electron chi connectivity index (χ2n) is 0.604. The molecule has 8 heavy (non-hydrogen) atoms.